The zero-order chi connectivity index (χ0) is 20.5. The number of rotatable bonds is 8. The first kappa shape index (κ1) is 22.5. The molecule has 2 N–H and O–H groups in total. The monoisotopic (exact) mass is 389 g/mol. The molecule has 1 aromatic rings. The van der Waals surface area contributed by atoms with E-state index in [-0.39, 0.29) is 6.04 Å². The van der Waals surface area contributed by atoms with Crippen LogP contribution < -0.4 is 15.4 Å². The molecule has 1 fully saturated rings. The molecule has 28 heavy (non-hydrogen) atoms. The van der Waals surface area contributed by atoms with E-state index in [0.717, 1.165) is 44.2 Å². The molecule has 1 aliphatic heterocycles. The minimum atomic E-state index is 0.202. The molecule has 0 amide bonds. The fourth-order valence-electron chi connectivity index (χ4n) is 3.67. The Hall–Kier alpha value is -1.79. The van der Waals surface area contributed by atoms with Crippen molar-refractivity contribution < 1.29 is 4.74 Å². The Morgan fingerprint density at radius 2 is 2.00 bits per heavy atom. The van der Waals surface area contributed by atoms with Crippen LogP contribution in [0.1, 0.15) is 45.2 Å². The van der Waals surface area contributed by atoms with Crippen molar-refractivity contribution >= 4 is 5.96 Å². The maximum atomic E-state index is 5.39. The van der Waals surface area contributed by atoms with Crippen molar-refractivity contribution in [3.63, 3.8) is 0 Å². The van der Waals surface area contributed by atoms with Crippen molar-refractivity contribution in [1.29, 1.82) is 0 Å². The van der Waals surface area contributed by atoms with Gasteiger partial charge in [-0.15, -0.1) is 0 Å². The van der Waals surface area contributed by atoms with Crippen LogP contribution in [-0.4, -0.2) is 75.2 Å². The highest BCUT2D eigenvalue weighted by molar-refractivity contribution is 5.80. The molecule has 6 nitrogen and oxygen atoms in total. The molecule has 0 bridgehead atoms. The number of aliphatic imine (C=N–C) groups is 1. The number of hydrogen-bond donors (Lipinski definition) is 2. The van der Waals surface area contributed by atoms with Crippen molar-refractivity contribution in [3.8, 4) is 5.75 Å². The lowest BCUT2D eigenvalue weighted by Crippen LogP contribution is -2.50. The van der Waals surface area contributed by atoms with Gasteiger partial charge in [0.1, 0.15) is 5.75 Å². The number of ether oxygens (including phenoxy) is 1. The smallest absolute Gasteiger partial charge is 0.191 e. The van der Waals surface area contributed by atoms with E-state index in [1.807, 2.05) is 12.1 Å². The molecule has 1 unspecified atom stereocenters. The Balaban J connectivity index is 2.02. The van der Waals surface area contributed by atoms with Crippen LogP contribution in [0.5, 0.6) is 5.75 Å². The van der Waals surface area contributed by atoms with Crippen LogP contribution in [0.25, 0.3) is 0 Å². The van der Waals surface area contributed by atoms with E-state index in [1.165, 1.54) is 5.56 Å². The molecule has 6 heteroatoms. The average Bonchev–Trinajstić information content (AvgIpc) is 2.68. The zero-order valence-electron chi connectivity index (χ0n) is 18.5. The molecule has 1 aromatic carbocycles. The minimum absolute atomic E-state index is 0.202. The predicted molar refractivity (Wildman–Crippen MR) is 118 cm³/mol. The highest BCUT2D eigenvalue weighted by atomic mass is 16.5. The van der Waals surface area contributed by atoms with E-state index in [2.05, 4.69) is 67.4 Å². The summed E-state index contributed by atoms with van der Waals surface area (Å²) in [5.74, 6) is 1.80. The highest BCUT2D eigenvalue weighted by Crippen LogP contribution is 2.23. The minimum Gasteiger partial charge on any atom is -0.497 e. The molecular weight excluding hydrogens is 350 g/mol. The predicted octanol–water partition coefficient (Wildman–Crippen LogP) is 2.73. The van der Waals surface area contributed by atoms with E-state index >= 15 is 0 Å². The maximum absolute atomic E-state index is 5.39. The van der Waals surface area contributed by atoms with Crippen LogP contribution in [0.2, 0.25) is 0 Å². The molecule has 0 aliphatic carbocycles. The second kappa shape index (κ2) is 11.3. The molecule has 0 radical (unpaired) electrons. The van der Waals surface area contributed by atoms with Gasteiger partial charge in [-0.1, -0.05) is 12.1 Å². The Labute approximate surface area is 171 Å². The summed E-state index contributed by atoms with van der Waals surface area (Å²) < 4.78 is 5.39. The number of nitrogens with zero attached hydrogens (tertiary/aromatic N) is 3. The zero-order valence-corrected chi connectivity index (χ0v) is 18.5. The molecule has 0 saturated carbocycles. The summed E-state index contributed by atoms with van der Waals surface area (Å²) in [6, 6.07) is 9.59. The van der Waals surface area contributed by atoms with Gasteiger partial charge in [-0.05, 0) is 65.4 Å². The molecule has 1 heterocycles. The Bertz CT molecular complexity index is 609. The number of nitrogens with one attached hydrogen (secondary N) is 2. The number of piperidine rings is 1. The van der Waals surface area contributed by atoms with E-state index in [1.54, 1.807) is 7.11 Å². The largest absolute Gasteiger partial charge is 0.497 e. The van der Waals surface area contributed by atoms with Crippen molar-refractivity contribution in [1.82, 2.24) is 20.4 Å². The van der Waals surface area contributed by atoms with Crippen molar-refractivity contribution in [2.24, 2.45) is 4.99 Å². The van der Waals surface area contributed by atoms with Crippen molar-refractivity contribution in [2.45, 2.75) is 51.7 Å². The van der Waals surface area contributed by atoms with Crippen LogP contribution in [0.4, 0.5) is 0 Å². The molecule has 2 rings (SSSR count). The maximum Gasteiger partial charge on any atom is 0.191 e. The first-order chi connectivity index (χ1) is 13.4. The van der Waals surface area contributed by atoms with Gasteiger partial charge in [0.2, 0.25) is 0 Å². The molecule has 1 atom stereocenters. The molecular formula is C22H39N5O. The lowest BCUT2D eigenvalue weighted by molar-refractivity contribution is 0.167. The summed E-state index contributed by atoms with van der Waals surface area (Å²) in [6.45, 7) is 10.5. The third-order valence-electron chi connectivity index (χ3n) is 5.47. The van der Waals surface area contributed by atoms with Crippen LogP contribution in [0.3, 0.4) is 0 Å². The first-order valence-corrected chi connectivity index (χ1v) is 10.5. The van der Waals surface area contributed by atoms with Gasteiger partial charge < -0.3 is 25.2 Å². The third kappa shape index (κ3) is 6.67. The van der Waals surface area contributed by atoms with E-state index in [9.17, 15) is 0 Å². The topological polar surface area (TPSA) is 52.1 Å². The number of methoxy groups -OCH3 is 1. The lowest BCUT2D eigenvalue weighted by Gasteiger charge is -2.35. The molecule has 1 saturated heterocycles. The fourth-order valence-corrected chi connectivity index (χ4v) is 3.67. The van der Waals surface area contributed by atoms with Crippen LogP contribution >= 0.6 is 0 Å². The number of benzene rings is 1. The van der Waals surface area contributed by atoms with Gasteiger partial charge in [0.05, 0.1) is 19.7 Å². The molecule has 158 valence electrons. The van der Waals surface area contributed by atoms with E-state index in [4.69, 9.17) is 9.73 Å². The summed E-state index contributed by atoms with van der Waals surface area (Å²) in [7, 11) is 5.91. The van der Waals surface area contributed by atoms with Gasteiger partial charge in [0.15, 0.2) is 5.96 Å². The number of hydrogen-bond acceptors (Lipinski definition) is 4. The van der Waals surface area contributed by atoms with Gasteiger partial charge in [-0.3, -0.25) is 4.99 Å². The summed E-state index contributed by atoms with van der Waals surface area (Å²) in [5, 5.41) is 7.07. The van der Waals surface area contributed by atoms with Gasteiger partial charge >= 0.3 is 0 Å². The van der Waals surface area contributed by atoms with Crippen molar-refractivity contribution in [2.75, 3.05) is 47.4 Å². The normalized spacial score (nSPS) is 17.8. The Kier molecular flexibility index (Phi) is 9.06. The van der Waals surface area contributed by atoms with Gasteiger partial charge in [0, 0.05) is 31.7 Å². The van der Waals surface area contributed by atoms with Gasteiger partial charge in [-0.25, -0.2) is 0 Å². The van der Waals surface area contributed by atoms with Gasteiger partial charge in [-0.2, -0.15) is 0 Å². The fraction of sp³-hybridized carbons (Fsp3) is 0.682. The number of guanidine groups is 1. The van der Waals surface area contributed by atoms with E-state index in [0.29, 0.717) is 18.6 Å². The van der Waals surface area contributed by atoms with Crippen molar-refractivity contribution in [3.05, 3.63) is 29.8 Å². The molecule has 0 aromatic heterocycles. The first-order valence-electron chi connectivity index (χ1n) is 10.5. The standard InChI is InChI=1S/C22H39N5O/c1-7-23-22(25-19-11-13-27(14-12-19)17(2)3)24-16-21(26(4)5)18-9-8-10-20(15-18)28-6/h8-10,15,17,19,21H,7,11-14,16H2,1-6H3,(H2,23,24,25). The van der Waals surface area contributed by atoms with Crippen LogP contribution in [0, 0.1) is 0 Å². The molecule has 0 spiro atoms. The van der Waals surface area contributed by atoms with E-state index < -0.39 is 0 Å². The summed E-state index contributed by atoms with van der Waals surface area (Å²) in [6.07, 6.45) is 2.32. The Morgan fingerprint density at radius 3 is 2.57 bits per heavy atom. The number of likely N-dealkylation sites (N-methyl/N-ethyl adjacent to an activating group) is 1. The van der Waals surface area contributed by atoms with Gasteiger partial charge in [0.25, 0.3) is 0 Å². The average molecular weight is 390 g/mol. The molecule has 1 aliphatic rings. The van der Waals surface area contributed by atoms with Crippen LogP contribution in [-0.2, 0) is 0 Å². The SMILES string of the molecule is CCNC(=NCC(c1cccc(OC)c1)N(C)C)NC1CCN(C(C)C)CC1. The number of likely N-dealkylation sites (tertiary alicyclic amines) is 1. The second-order valence-electron chi connectivity index (χ2n) is 8.02. The van der Waals surface area contributed by atoms with Crippen LogP contribution in [0.15, 0.2) is 29.3 Å². The lowest BCUT2D eigenvalue weighted by atomic mass is 10.0. The summed E-state index contributed by atoms with van der Waals surface area (Å²) >= 11 is 0. The second-order valence-corrected chi connectivity index (χ2v) is 8.02. The third-order valence-corrected chi connectivity index (χ3v) is 5.47. The Morgan fingerprint density at radius 1 is 1.29 bits per heavy atom. The summed E-state index contributed by atoms with van der Waals surface area (Å²) in [5.41, 5.74) is 1.22. The summed E-state index contributed by atoms with van der Waals surface area (Å²) in [4.78, 5) is 9.67. The highest BCUT2D eigenvalue weighted by Gasteiger charge is 2.22. The quantitative estimate of drug-likeness (QED) is 0.529.